The van der Waals surface area contributed by atoms with Crippen molar-refractivity contribution in [3.8, 4) is 0 Å². The van der Waals surface area contributed by atoms with Crippen LogP contribution in [0.1, 0.15) is 38.5 Å². The third kappa shape index (κ3) is 4.49. The van der Waals surface area contributed by atoms with Gasteiger partial charge in [0.15, 0.2) is 0 Å². The molecule has 1 N–H and O–H groups in total. The maximum atomic E-state index is 11.1. The SMILES string of the molecule is COC(=O)CCN(CCO)C1CCCCC1. The highest BCUT2D eigenvalue weighted by molar-refractivity contribution is 5.69. The van der Waals surface area contributed by atoms with E-state index in [2.05, 4.69) is 9.64 Å². The van der Waals surface area contributed by atoms with Crippen LogP contribution in [0.15, 0.2) is 0 Å². The zero-order valence-corrected chi connectivity index (χ0v) is 10.2. The standard InChI is InChI=1S/C12H23NO3/c1-16-12(15)7-8-13(9-10-14)11-5-3-2-4-6-11/h11,14H,2-10H2,1H3. The lowest BCUT2D eigenvalue weighted by Crippen LogP contribution is -2.40. The number of esters is 1. The molecule has 1 aliphatic rings. The van der Waals surface area contributed by atoms with E-state index in [1.54, 1.807) is 0 Å². The molecule has 1 rings (SSSR count). The third-order valence-electron chi connectivity index (χ3n) is 3.31. The number of hydrogen-bond donors (Lipinski definition) is 1. The Kier molecular flexibility index (Phi) is 6.42. The molecule has 0 heterocycles. The Bertz CT molecular complexity index is 202. The van der Waals surface area contributed by atoms with E-state index in [1.807, 2.05) is 0 Å². The number of nitrogens with zero attached hydrogens (tertiary/aromatic N) is 1. The van der Waals surface area contributed by atoms with Gasteiger partial charge in [0, 0.05) is 19.1 Å². The molecule has 1 saturated carbocycles. The Morgan fingerprint density at radius 3 is 2.56 bits per heavy atom. The number of rotatable bonds is 6. The topological polar surface area (TPSA) is 49.8 Å². The molecule has 4 heteroatoms. The van der Waals surface area contributed by atoms with E-state index in [0.717, 1.165) is 0 Å². The number of carbonyl (C=O) groups excluding carboxylic acids is 1. The van der Waals surface area contributed by atoms with Gasteiger partial charge in [-0.25, -0.2) is 0 Å². The molecule has 16 heavy (non-hydrogen) atoms. The van der Waals surface area contributed by atoms with Gasteiger partial charge in [0.2, 0.25) is 0 Å². The van der Waals surface area contributed by atoms with Crippen LogP contribution >= 0.6 is 0 Å². The van der Waals surface area contributed by atoms with Gasteiger partial charge < -0.3 is 9.84 Å². The third-order valence-corrected chi connectivity index (χ3v) is 3.31. The Labute approximate surface area is 97.6 Å². The van der Waals surface area contributed by atoms with E-state index >= 15 is 0 Å². The first-order valence-electron chi connectivity index (χ1n) is 6.19. The molecule has 94 valence electrons. The first-order valence-corrected chi connectivity index (χ1v) is 6.19. The van der Waals surface area contributed by atoms with Gasteiger partial charge in [0.05, 0.1) is 20.1 Å². The average molecular weight is 229 g/mol. The van der Waals surface area contributed by atoms with Gasteiger partial charge >= 0.3 is 5.97 Å². The van der Waals surface area contributed by atoms with E-state index < -0.39 is 0 Å². The molecule has 0 aromatic heterocycles. The highest BCUT2D eigenvalue weighted by atomic mass is 16.5. The van der Waals surface area contributed by atoms with Gasteiger partial charge in [-0.05, 0) is 12.8 Å². The molecular weight excluding hydrogens is 206 g/mol. The van der Waals surface area contributed by atoms with Crippen LogP contribution in [-0.4, -0.2) is 48.8 Å². The Balaban J connectivity index is 2.35. The van der Waals surface area contributed by atoms with Crippen molar-refractivity contribution in [3.63, 3.8) is 0 Å². The van der Waals surface area contributed by atoms with E-state index in [9.17, 15) is 4.79 Å². The van der Waals surface area contributed by atoms with Crippen LogP contribution in [0.5, 0.6) is 0 Å². The Morgan fingerprint density at radius 1 is 1.31 bits per heavy atom. The van der Waals surface area contributed by atoms with Crippen molar-refractivity contribution in [3.05, 3.63) is 0 Å². The molecule has 0 spiro atoms. The van der Waals surface area contributed by atoms with Gasteiger partial charge in [0.1, 0.15) is 0 Å². The lowest BCUT2D eigenvalue weighted by atomic mass is 9.94. The molecule has 0 atom stereocenters. The summed E-state index contributed by atoms with van der Waals surface area (Å²) in [6, 6.07) is 0.547. The average Bonchev–Trinajstić information content (AvgIpc) is 2.35. The Hall–Kier alpha value is -0.610. The van der Waals surface area contributed by atoms with Crippen molar-refractivity contribution < 1.29 is 14.6 Å². The fourth-order valence-electron chi connectivity index (χ4n) is 2.39. The fourth-order valence-corrected chi connectivity index (χ4v) is 2.39. The van der Waals surface area contributed by atoms with Crippen LogP contribution in [0.4, 0.5) is 0 Å². The predicted octanol–water partition coefficient (Wildman–Crippen LogP) is 1.18. The maximum absolute atomic E-state index is 11.1. The van der Waals surface area contributed by atoms with Crippen molar-refractivity contribution in [2.24, 2.45) is 0 Å². The molecule has 0 unspecified atom stereocenters. The molecule has 1 aliphatic carbocycles. The van der Waals surface area contributed by atoms with Crippen LogP contribution in [0.2, 0.25) is 0 Å². The molecule has 0 saturated heterocycles. The summed E-state index contributed by atoms with van der Waals surface area (Å²) in [6.07, 6.45) is 6.67. The fraction of sp³-hybridized carbons (Fsp3) is 0.917. The smallest absolute Gasteiger partial charge is 0.306 e. The number of ether oxygens (including phenoxy) is 1. The molecule has 0 radical (unpaired) electrons. The molecule has 0 aromatic carbocycles. The lowest BCUT2D eigenvalue weighted by Gasteiger charge is -2.33. The largest absolute Gasteiger partial charge is 0.469 e. The van der Waals surface area contributed by atoms with Crippen molar-refractivity contribution in [2.75, 3.05) is 26.8 Å². The summed E-state index contributed by atoms with van der Waals surface area (Å²) in [5.74, 6) is -0.168. The minimum Gasteiger partial charge on any atom is -0.469 e. The molecule has 0 aromatic rings. The zero-order chi connectivity index (χ0) is 11.8. The molecule has 1 fully saturated rings. The quantitative estimate of drug-likeness (QED) is 0.695. The summed E-state index contributed by atoms with van der Waals surface area (Å²) >= 11 is 0. The van der Waals surface area contributed by atoms with Gasteiger partial charge in [-0.15, -0.1) is 0 Å². The molecule has 0 amide bonds. The molecule has 0 aliphatic heterocycles. The van der Waals surface area contributed by atoms with Gasteiger partial charge in [0.25, 0.3) is 0 Å². The van der Waals surface area contributed by atoms with Crippen LogP contribution in [0.25, 0.3) is 0 Å². The number of aliphatic hydroxyl groups excluding tert-OH is 1. The summed E-state index contributed by atoms with van der Waals surface area (Å²) in [5.41, 5.74) is 0. The zero-order valence-electron chi connectivity index (χ0n) is 10.2. The summed E-state index contributed by atoms with van der Waals surface area (Å²) in [7, 11) is 1.42. The second-order valence-electron chi connectivity index (χ2n) is 4.38. The summed E-state index contributed by atoms with van der Waals surface area (Å²) in [6.45, 7) is 1.54. The second kappa shape index (κ2) is 7.63. The van der Waals surface area contributed by atoms with Crippen molar-refractivity contribution >= 4 is 5.97 Å². The van der Waals surface area contributed by atoms with Crippen LogP contribution in [0.3, 0.4) is 0 Å². The number of aliphatic hydroxyl groups is 1. The van der Waals surface area contributed by atoms with E-state index in [4.69, 9.17) is 5.11 Å². The van der Waals surface area contributed by atoms with E-state index in [-0.39, 0.29) is 12.6 Å². The van der Waals surface area contributed by atoms with Crippen molar-refractivity contribution in [1.82, 2.24) is 4.90 Å². The minimum atomic E-state index is -0.168. The van der Waals surface area contributed by atoms with Crippen LogP contribution in [-0.2, 0) is 9.53 Å². The number of hydrogen-bond acceptors (Lipinski definition) is 4. The molecule has 0 bridgehead atoms. The summed E-state index contributed by atoms with van der Waals surface area (Å²) in [4.78, 5) is 13.3. The lowest BCUT2D eigenvalue weighted by molar-refractivity contribution is -0.141. The first kappa shape index (κ1) is 13.5. The monoisotopic (exact) mass is 229 g/mol. The first-order chi connectivity index (χ1) is 7.77. The highest BCUT2D eigenvalue weighted by Gasteiger charge is 2.21. The summed E-state index contributed by atoms with van der Waals surface area (Å²) < 4.78 is 4.64. The van der Waals surface area contributed by atoms with E-state index in [1.165, 1.54) is 39.2 Å². The minimum absolute atomic E-state index is 0.164. The number of carbonyl (C=O) groups is 1. The molecular formula is C12H23NO3. The highest BCUT2D eigenvalue weighted by Crippen LogP contribution is 2.22. The maximum Gasteiger partial charge on any atom is 0.306 e. The van der Waals surface area contributed by atoms with Crippen molar-refractivity contribution in [2.45, 2.75) is 44.6 Å². The normalized spacial score (nSPS) is 17.7. The van der Waals surface area contributed by atoms with Crippen LogP contribution < -0.4 is 0 Å². The van der Waals surface area contributed by atoms with Gasteiger partial charge in [-0.3, -0.25) is 9.69 Å². The summed E-state index contributed by atoms with van der Waals surface area (Å²) in [5, 5.41) is 9.03. The van der Waals surface area contributed by atoms with Crippen LogP contribution in [0, 0.1) is 0 Å². The predicted molar refractivity (Wildman–Crippen MR) is 62.2 cm³/mol. The number of methoxy groups -OCH3 is 1. The van der Waals surface area contributed by atoms with Gasteiger partial charge in [-0.1, -0.05) is 19.3 Å². The van der Waals surface area contributed by atoms with E-state index in [0.29, 0.717) is 25.6 Å². The van der Waals surface area contributed by atoms with Crippen molar-refractivity contribution in [1.29, 1.82) is 0 Å². The Morgan fingerprint density at radius 2 is 2.00 bits per heavy atom. The molecule has 4 nitrogen and oxygen atoms in total. The second-order valence-corrected chi connectivity index (χ2v) is 4.38. The van der Waals surface area contributed by atoms with Gasteiger partial charge in [-0.2, -0.15) is 0 Å².